The standard InChI is InChI=1S/C13H26O2/c1-5-10-7-6-8-11(9-10)12(14)13(2,3)15-4/h10-12,14H,5-9H2,1-4H3. The molecule has 0 bridgehead atoms. The molecular formula is C13H26O2. The topological polar surface area (TPSA) is 29.5 Å². The van der Waals surface area contributed by atoms with Crippen LogP contribution in [0.15, 0.2) is 0 Å². The van der Waals surface area contributed by atoms with Crippen LogP contribution >= 0.6 is 0 Å². The van der Waals surface area contributed by atoms with E-state index in [1.807, 2.05) is 13.8 Å². The minimum Gasteiger partial charge on any atom is -0.390 e. The fraction of sp³-hybridized carbons (Fsp3) is 1.00. The van der Waals surface area contributed by atoms with E-state index in [0.717, 1.165) is 12.3 Å². The summed E-state index contributed by atoms with van der Waals surface area (Å²) < 4.78 is 5.37. The Morgan fingerprint density at radius 2 is 2.07 bits per heavy atom. The normalized spacial score (nSPS) is 30.2. The fourth-order valence-electron chi connectivity index (χ4n) is 2.68. The smallest absolute Gasteiger partial charge is 0.0883 e. The first kappa shape index (κ1) is 13.0. The molecule has 1 aliphatic carbocycles. The molecule has 0 spiro atoms. The van der Waals surface area contributed by atoms with Crippen LogP contribution in [0, 0.1) is 11.8 Å². The zero-order valence-electron chi connectivity index (χ0n) is 10.6. The molecule has 3 unspecified atom stereocenters. The van der Waals surface area contributed by atoms with Crippen LogP contribution < -0.4 is 0 Å². The van der Waals surface area contributed by atoms with E-state index in [4.69, 9.17) is 4.74 Å². The van der Waals surface area contributed by atoms with Gasteiger partial charge < -0.3 is 9.84 Å². The first-order valence-electron chi connectivity index (χ1n) is 6.24. The van der Waals surface area contributed by atoms with E-state index in [0.29, 0.717) is 5.92 Å². The summed E-state index contributed by atoms with van der Waals surface area (Å²) in [6, 6.07) is 0. The van der Waals surface area contributed by atoms with Crippen molar-refractivity contribution in [2.24, 2.45) is 11.8 Å². The van der Waals surface area contributed by atoms with Crippen molar-refractivity contribution >= 4 is 0 Å². The molecule has 0 aliphatic heterocycles. The SMILES string of the molecule is CCC1CCCC(C(O)C(C)(C)OC)C1. The molecule has 0 aromatic carbocycles. The zero-order chi connectivity index (χ0) is 11.5. The van der Waals surface area contributed by atoms with Crippen molar-refractivity contribution < 1.29 is 9.84 Å². The van der Waals surface area contributed by atoms with Crippen molar-refractivity contribution in [3.8, 4) is 0 Å². The van der Waals surface area contributed by atoms with Gasteiger partial charge in [-0.1, -0.05) is 26.2 Å². The average Bonchev–Trinajstić information content (AvgIpc) is 2.28. The largest absolute Gasteiger partial charge is 0.390 e. The third-order valence-electron chi connectivity index (χ3n) is 4.09. The Hall–Kier alpha value is -0.0800. The van der Waals surface area contributed by atoms with Gasteiger partial charge in [0.2, 0.25) is 0 Å². The Morgan fingerprint density at radius 3 is 2.60 bits per heavy atom. The highest BCUT2D eigenvalue weighted by Crippen LogP contribution is 2.36. The summed E-state index contributed by atoms with van der Waals surface area (Å²) in [6.07, 6.45) is 5.86. The van der Waals surface area contributed by atoms with Crippen molar-refractivity contribution in [2.75, 3.05) is 7.11 Å². The lowest BCUT2D eigenvalue weighted by molar-refractivity contribution is -0.110. The van der Waals surface area contributed by atoms with E-state index in [9.17, 15) is 5.11 Å². The molecule has 3 atom stereocenters. The molecule has 1 N–H and O–H groups in total. The Bertz CT molecular complexity index is 189. The van der Waals surface area contributed by atoms with E-state index < -0.39 is 5.60 Å². The van der Waals surface area contributed by atoms with Gasteiger partial charge in [-0.05, 0) is 38.5 Å². The van der Waals surface area contributed by atoms with Crippen molar-refractivity contribution in [3.63, 3.8) is 0 Å². The molecule has 15 heavy (non-hydrogen) atoms. The van der Waals surface area contributed by atoms with E-state index in [1.165, 1.54) is 25.7 Å². The fourth-order valence-corrected chi connectivity index (χ4v) is 2.68. The molecule has 0 radical (unpaired) electrons. The predicted octanol–water partition coefficient (Wildman–Crippen LogP) is 2.99. The monoisotopic (exact) mass is 214 g/mol. The Kier molecular flexibility index (Phi) is 4.60. The molecule has 1 saturated carbocycles. The maximum Gasteiger partial charge on any atom is 0.0883 e. The Morgan fingerprint density at radius 1 is 1.40 bits per heavy atom. The van der Waals surface area contributed by atoms with Crippen LogP contribution in [-0.2, 0) is 4.74 Å². The van der Waals surface area contributed by atoms with Crippen LogP contribution in [0.5, 0.6) is 0 Å². The molecular weight excluding hydrogens is 188 g/mol. The number of ether oxygens (including phenoxy) is 1. The van der Waals surface area contributed by atoms with Crippen LogP contribution in [0.1, 0.15) is 52.9 Å². The van der Waals surface area contributed by atoms with Gasteiger partial charge in [-0.15, -0.1) is 0 Å². The second kappa shape index (κ2) is 5.31. The molecule has 0 saturated heterocycles. The summed E-state index contributed by atoms with van der Waals surface area (Å²) in [6.45, 7) is 6.21. The number of rotatable bonds is 4. The van der Waals surface area contributed by atoms with Crippen molar-refractivity contribution in [3.05, 3.63) is 0 Å². The Labute approximate surface area is 94.0 Å². The molecule has 90 valence electrons. The number of aliphatic hydroxyl groups excluding tert-OH is 1. The van der Waals surface area contributed by atoms with Crippen LogP contribution in [0.2, 0.25) is 0 Å². The lowest BCUT2D eigenvalue weighted by atomic mass is 9.74. The van der Waals surface area contributed by atoms with Crippen molar-refractivity contribution in [1.29, 1.82) is 0 Å². The number of hydrogen-bond acceptors (Lipinski definition) is 2. The van der Waals surface area contributed by atoms with Crippen LogP contribution in [0.3, 0.4) is 0 Å². The highest BCUT2D eigenvalue weighted by Gasteiger charge is 2.36. The van der Waals surface area contributed by atoms with Gasteiger partial charge in [0.15, 0.2) is 0 Å². The van der Waals surface area contributed by atoms with E-state index in [-0.39, 0.29) is 6.10 Å². The summed E-state index contributed by atoms with van der Waals surface area (Å²) in [4.78, 5) is 0. The molecule has 1 fully saturated rings. The molecule has 0 aromatic rings. The van der Waals surface area contributed by atoms with Crippen molar-refractivity contribution in [1.82, 2.24) is 0 Å². The second-order valence-corrected chi connectivity index (χ2v) is 5.45. The number of aliphatic hydroxyl groups is 1. The summed E-state index contributed by atoms with van der Waals surface area (Å²) in [7, 11) is 1.68. The third kappa shape index (κ3) is 3.18. The van der Waals surface area contributed by atoms with E-state index >= 15 is 0 Å². The third-order valence-corrected chi connectivity index (χ3v) is 4.09. The first-order valence-corrected chi connectivity index (χ1v) is 6.24. The van der Waals surface area contributed by atoms with Gasteiger partial charge in [-0.25, -0.2) is 0 Å². The maximum atomic E-state index is 10.3. The quantitative estimate of drug-likeness (QED) is 0.779. The van der Waals surface area contributed by atoms with Gasteiger partial charge in [0.1, 0.15) is 0 Å². The summed E-state index contributed by atoms with van der Waals surface area (Å²) in [5.74, 6) is 1.24. The van der Waals surface area contributed by atoms with E-state index in [2.05, 4.69) is 6.92 Å². The zero-order valence-corrected chi connectivity index (χ0v) is 10.6. The van der Waals surface area contributed by atoms with Gasteiger partial charge >= 0.3 is 0 Å². The minimum atomic E-state index is -0.402. The lowest BCUT2D eigenvalue weighted by Gasteiger charge is -2.38. The average molecular weight is 214 g/mol. The molecule has 1 aliphatic rings. The maximum absolute atomic E-state index is 10.3. The summed E-state index contributed by atoms with van der Waals surface area (Å²) in [5.41, 5.74) is -0.402. The van der Waals surface area contributed by atoms with Crippen LogP contribution in [0.4, 0.5) is 0 Å². The van der Waals surface area contributed by atoms with Gasteiger partial charge in [0.05, 0.1) is 11.7 Å². The summed E-state index contributed by atoms with van der Waals surface area (Å²) in [5, 5.41) is 10.3. The van der Waals surface area contributed by atoms with Gasteiger partial charge in [0.25, 0.3) is 0 Å². The molecule has 0 aromatic heterocycles. The molecule has 2 nitrogen and oxygen atoms in total. The number of hydrogen-bond donors (Lipinski definition) is 1. The van der Waals surface area contributed by atoms with Crippen LogP contribution in [-0.4, -0.2) is 23.9 Å². The molecule has 0 amide bonds. The number of methoxy groups -OCH3 is 1. The van der Waals surface area contributed by atoms with Gasteiger partial charge in [-0.3, -0.25) is 0 Å². The highest BCUT2D eigenvalue weighted by molar-refractivity contribution is 4.87. The van der Waals surface area contributed by atoms with Gasteiger partial charge in [-0.2, -0.15) is 0 Å². The molecule has 1 rings (SSSR count). The minimum absolute atomic E-state index is 0.322. The first-order chi connectivity index (χ1) is 7.01. The molecule has 0 heterocycles. The highest BCUT2D eigenvalue weighted by atomic mass is 16.5. The van der Waals surface area contributed by atoms with Gasteiger partial charge in [0, 0.05) is 7.11 Å². The predicted molar refractivity (Wildman–Crippen MR) is 62.8 cm³/mol. The Balaban J connectivity index is 2.55. The summed E-state index contributed by atoms with van der Waals surface area (Å²) >= 11 is 0. The van der Waals surface area contributed by atoms with Crippen LogP contribution in [0.25, 0.3) is 0 Å². The van der Waals surface area contributed by atoms with Crippen molar-refractivity contribution in [2.45, 2.75) is 64.6 Å². The lowest BCUT2D eigenvalue weighted by Crippen LogP contribution is -2.44. The second-order valence-electron chi connectivity index (χ2n) is 5.45. The van der Waals surface area contributed by atoms with E-state index in [1.54, 1.807) is 7.11 Å². The molecule has 2 heteroatoms.